The van der Waals surface area contributed by atoms with Gasteiger partial charge in [-0.3, -0.25) is 0 Å². The first kappa shape index (κ1) is 15.3. The SMILES string of the molecule is COc1cc(Br)ccc1C(O)c1cc(C)c(F)cc1Cl. The molecule has 0 amide bonds. The van der Waals surface area contributed by atoms with Gasteiger partial charge in [0.05, 0.1) is 7.11 Å². The molecule has 5 heteroatoms. The van der Waals surface area contributed by atoms with E-state index >= 15 is 0 Å². The lowest BCUT2D eigenvalue weighted by Gasteiger charge is -2.17. The van der Waals surface area contributed by atoms with Gasteiger partial charge in [-0.25, -0.2) is 4.39 Å². The van der Waals surface area contributed by atoms with Gasteiger partial charge in [-0.1, -0.05) is 33.6 Å². The molecule has 0 radical (unpaired) electrons. The van der Waals surface area contributed by atoms with Crippen LogP contribution in [0.25, 0.3) is 0 Å². The summed E-state index contributed by atoms with van der Waals surface area (Å²) in [6.45, 7) is 1.63. The first-order valence-corrected chi connectivity index (χ1v) is 7.08. The fourth-order valence-electron chi connectivity index (χ4n) is 1.97. The zero-order chi connectivity index (χ0) is 14.9. The van der Waals surface area contributed by atoms with Crippen molar-refractivity contribution in [1.82, 2.24) is 0 Å². The van der Waals surface area contributed by atoms with E-state index in [-0.39, 0.29) is 5.02 Å². The van der Waals surface area contributed by atoms with Crippen LogP contribution in [0.15, 0.2) is 34.8 Å². The normalized spacial score (nSPS) is 12.3. The van der Waals surface area contributed by atoms with E-state index in [1.807, 2.05) is 0 Å². The Labute approximate surface area is 130 Å². The molecule has 2 nitrogen and oxygen atoms in total. The van der Waals surface area contributed by atoms with Crippen molar-refractivity contribution in [3.8, 4) is 5.75 Å². The third-order valence-corrected chi connectivity index (χ3v) is 3.88. The molecule has 0 aliphatic carbocycles. The smallest absolute Gasteiger partial charge is 0.127 e. The molecule has 1 N–H and O–H groups in total. The van der Waals surface area contributed by atoms with Gasteiger partial charge in [0.15, 0.2) is 0 Å². The average molecular weight is 360 g/mol. The lowest BCUT2D eigenvalue weighted by molar-refractivity contribution is 0.214. The number of aliphatic hydroxyl groups is 1. The number of rotatable bonds is 3. The molecular weight excluding hydrogens is 347 g/mol. The summed E-state index contributed by atoms with van der Waals surface area (Å²) >= 11 is 9.36. The van der Waals surface area contributed by atoms with Crippen LogP contribution in [0.1, 0.15) is 22.8 Å². The fraction of sp³-hybridized carbons (Fsp3) is 0.200. The van der Waals surface area contributed by atoms with E-state index in [1.54, 1.807) is 31.2 Å². The number of benzene rings is 2. The van der Waals surface area contributed by atoms with Crippen molar-refractivity contribution in [2.45, 2.75) is 13.0 Å². The fourth-order valence-corrected chi connectivity index (χ4v) is 2.56. The number of ether oxygens (including phenoxy) is 1. The van der Waals surface area contributed by atoms with Crippen LogP contribution in [-0.2, 0) is 0 Å². The predicted octanol–water partition coefficient (Wildman–Crippen LogP) is 4.64. The lowest BCUT2D eigenvalue weighted by Crippen LogP contribution is -2.04. The van der Waals surface area contributed by atoms with E-state index < -0.39 is 11.9 Å². The third kappa shape index (κ3) is 2.97. The van der Waals surface area contributed by atoms with Gasteiger partial charge in [-0.05, 0) is 36.8 Å². The monoisotopic (exact) mass is 358 g/mol. The van der Waals surface area contributed by atoms with Crippen LogP contribution in [0.4, 0.5) is 4.39 Å². The Morgan fingerprint density at radius 1 is 1.25 bits per heavy atom. The summed E-state index contributed by atoms with van der Waals surface area (Å²) in [5.41, 5.74) is 1.45. The molecule has 0 saturated carbocycles. The number of aliphatic hydroxyl groups excluding tert-OH is 1. The molecule has 0 saturated heterocycles. The first-order chi connectivity index (χ1) is 9.43. The highest BCUT2D eigenvalue weighted by Crippen LogP contribution is 2.35. The molecule has 0 aliphatic heterocycles. The summed E-state index contributed by atoms with van der Waals surface area (Å²) in [5, 5.41) is 10.7. The highest BCUT2D eigenvalue weighted by atomic mass is 79.9. The molecule has 0 bridgehead atoms. The molecule has 1 unspecified atom stereocenters. The van der Waals surface area contributed by atoms with Gasteiger partial charge < -0.3 is 9.84 Å². The molecule has 106 valence electrons. The van der Waals surface area contributed by atoms with Crippen LogP contribution in [0.5, 0.6) is 5.75 Å². The number of halogens is 3. The van der Waals surface area contributed by atoms with E-state index in [1.165, 1.54) is 13.2 Å². The molecule has 0 spiro atoms. The van der Waals surface area contributed by atoms with Gasteiger partial charge in [-0.15, -0.1) is 0 Å². The maximum absolute atomic E-state index is 13.4. The molecular formula is C15H13BrClFO2. The Morgan fingerprint density at radius 2 is 1.95 bits per heavy atom. The molecule has 2 aromatic rings. The highest BCUT2D eigenvalue weighted by Gasteiger charge is 2.19. The van der Waals surface area contributed by atoms with E-state index in [0.717, 1.165) is 4.47 Å². The number of methoxy groups -OCH3 is 1. The number of hydrogen-bond donors (Lipinski definition) is 1. The topological polar surface area (TPSA) is 29.5 Å². The van der Waals surface area contributed by atoms with E-state index in [2.05, 4.69) is 15.9 Å². The maximum Gasteiger partial charge on any atom is 0.127 e. The molecule has 20 heavy (non-hydrogen) atoms. The Balaban J connectivity index is 2.51. The summed E-state index contributed by atoms with van der Waals surface area (Å²) in [4.78, 5) is 0. The van der Waals surface area contributed by atoms with Crippen molar-refractivity contribution in [2.75, 3.05) is 7.11 Å². The zero-order valence-electron chi connectivity index (χ0n) is 11.0. The minimum absolute atomic E-state index is 0.186. The molecule has 1 atom stereocenters. The van der Waals surface area contributed by atoms with Gasteiger partial charge >= 0.3 is 0 Å². The summed E-state index contributed by atoms with van der Waals surface area (Å²) in [6.07, 6.45) is -0.982. The van der Waals surface area contributed by atoms with Crippen LogP contribution in [-0.4, -0.2) is 12.2 Å². The quantitative estimate of drug-likeness (QED) is 0.865. The highest BCUT2D eigenvalue weighted by molar-refractivity contribution is 9.10. The second-order valence-corrected chi connectivity index (χ2v) is 5.73. The zero-order valence-corrected chi connectivity index (χ0v) is 13.3. The van der Waals surface area contributed by atoms with Crippen molar-refractivity contribution in [2.24, 2.45) is 0 Å². The van der Waals surface area contributed by atoms with E-state index in [0.29, 0.717) is 22.4 Å². The van der Waals surface area contributed by atoms with Gasteiger partial charge in [0.1, 0.15) is 17.7 Å². The van der Waals surface area contributed by atoms with Crippen molar-refractivity contribution in [3.05, 3.63) is 62.3 Å². The van der Waals surface area contributed by atoms with Crippen LogP contribution in [0.2, 0.25) is 5.02 Å². The number of hydrogen-bond acceptors (Lipinski definition) is 2. The van der Waals surface area contributed by atoms with Gasteiger partial charge in [0, 0.05) is 20.6 Å². The Hall–Kier alpha value is -1.10. The summed E-state index contributed by atoms with van der Waals surface area (Å²) in [7, 11) is 1.52. The van der Waals surface area contributed by atoms with Gasteiger partial charge in [-0.2, -0.15) is 0 Å². The molecule has 2 aromatic carbocycles. The third-order valence-electron chi connectivity index (χ3n) is 3.06. The van der Waals surface area contributed by atoms with Crippen LogP contribution >= 0.6 is 27.5 Å². The molecule has 0 heterocycles. The lowest BCUT2D eigenvalue weighted by atomic mass is 9.99. The van der Waals surface area contributed by atoms with Crippen molar-refractivity contribution in [3.63, 3.8) is 0 Å². The van der Waals surface area contributed by atoms with E-state index in [9.17, 15) is 9.50 Å². The Bertz CT molecular complexity index is 646. The number of aryl methyl sites for hydroxylation is 1. The van der Waals surface area contributed by atoms with Crippen molar-refractivity contribution in [1.29, 1.82) is 0 Å². The maximum atomic E-state index is 13.4. The van der Waals surface area contributed by atoms with Gasteiger partial charge in [0.25, 0.3) is 0 Å². The molecule has 0 aliphatic rings. The largest absolute Gasteiger partial charge is 0.496 e. The van der Waals surface area contributed by atoms with E-state index in [4.69, 9.17) is 16.3 Å². The second kappa shape index (κ2) is 6.12. The van der Waals surface area contributed by atoms with Crippen LogP contribution < -0.4 is 4.74 Å². The molecule has 0 aromatic heterocycles. The minimum Gasteiger partial charge on any atom is -0.496 e. The first-order valence-electron chi connectivity index (χ1n) is 5.91. The summed E-state index contributed by atoms with van der Waals surface area (Å²) in [5.74, 6) is 0.138. The summed E-state index contributed by atoms with van der Waals surface area (Å²) in [6, 6.07) is 8.04. The second-order valence-electron chi connectivity index (χ2n) is 4.41. The standard InChI is InChI=1S/C15H13BrClFO2/c1-8-5-11(12(17)7-13(8)18)15(19)10-4-3-9(16)6-14(10)20-2/h3-7,15,19H,1-2H3. The molecule has 0 fully saturated rings. The summed E-state index contributed by atoms with van der Waals surface area (Å²) < 4.78 is 19.5. The van der Waals surface area contributed by atoms with Crippen LogP contribution in [0, 0.1) is 12.7 Å². The van der Waals surface area contributed by atoms with Crippen molar-refractivity contribution < 1.29 is 14.2 Å². The predicted molar refractivity (Wildman–Crippen MR) is 80.9 cm³/mol. The van der Waals surface area contributed by atoms with Crippen LogP contribution in [0.3, 0.4) is 0 Å². The van der Waals surface area contributed by atoms with Gasteiger partial charge in [0.2, 0.25) is 0 Å². The Morgan fingerprint density at radius 3 is 2.60 bits per heavy atom. The Kier molecular flexibility index (Phi) is 4.68. The molecule has 2 rings (SSSR count). The average Bonchev–Trinajstić information content (AvgIpc) is 2.42. The van der Waals surface area contributed by atoms with Crippen molar-refractivity contribution >= 4 is 27.5 Å². The minimum atomic E-state index is -0.982.